The van der Waals surface area contributed by atoms with Crippen molar-refractivity contribution in [3.63, 3.8) is 0 Å². The minimum absolute atomic E-state index is 0.00480. The van der Waals surface area contributed by atoms with Crippen LogP contribution < -0.4 is 10.6 Å². The number of hydrogen-bond acceptors (Lipinski definition) is 11. The fourth-order valence-corrected chi connectivity index (χ4v) is 5.04. The van der Waals surface area contributed by atoms with E-state index in [4.69, 9.17) is 4.74 Å². The topological polar surface area (TPSA) is 217 Å². The molecule has 0 aromatic heterocycles. The number of β-lactam (4-membered cyclic amide) rings is 1. The van der Waals surface area contributed by atoms with Crippen molar-refractivity contribution in [2.45, 2.75) is 32.1 Å². The molecule has 4 rings (SSSR count). The highest BCUT2D eigenvalue weighted by atomic mass is 16.5. The Hall–Kier alpha value is -5.84. The van der Waals surface area contributed by atoms with Crippen molar-refractivity contribution in [1.82, 2.24) is 24.9 Å². The Kier molecular flexibility index (Phi) is 13.0. The number of hydrogen-bond donors (Lipinski definition) is 2. The second-order valence-electron chi connectivity index (χ2n) is 11.5. The zero-order valence-corrected chi connectivity index (χ0v) is 27.1. The molecule has 17 heteroatoms. The predicted octanol–water partition coefficient (Wildman–Crippen LogP) is -1.52. The summed E-state index contributed by atoms with van der Waals surface area (Å²) in [7, 11) is 0. The third-order valence-electron chi connectivity index (χ3n) is 7.83. The first-order valence-corrected chi connectivity index (χ1v) is 15.8. The number of ether oxygens (including phenoxy) is 1. The number of amides is 9. The van der Waals surface area contributed by atoms with Gasteiger partial charge in [0.05, 0.1) is 6.54 Å². The lowest BCUT2D eigenvalue weighted by Crippen LogP contribution is -2.47. The normalized spacial score (nSPS) is 15.1. The second kappa shape index (κ2) is 17.5. The van der Waals surface area contributed by atoms with Gasteiger partial charge in [0.2, 0.25) is 29.5 Å². The number of likely N-dealkylation sites (tertiary alicyclic amines) is 1. The molecule has 1 saturated heterocycles. The first kappa shape index (κ1) is 37.0. The molecule has 2 N–H and O–H groups in total. The average molecular weight is 693 g/mol. The Morgan fingerprint density at radius 3 is 1.94 bits per heavy atom. The van der Waals surface area contributed by atoms with Crippen LogP contribution in [0.1, 0.15) is 31.2 Å². The molecule has 3 aliphatic heterocycles. The molecule has 3 aliphatic rings. The van der Waals surface area contributed by atoms with Crippen LogP contribution in [0.2, 0.25) is 0 Å². The van der Waals surface area contributed by atoms with Crippen LogP contribution in [-0.4, -0.2) is 131 Å². The van der Waals surface area contributed by atoms with Crippen molar-refractivity contribution in [3.8, 4) is 0 Å². The molecule has 9 amide bonds. The van der Waals surface area contributed by atoms with Crippen LogP contribution in [0.25, 0.3) is 0 Å². The number of ketones is 1. The number of aryl methyl sites for hydroxylation is 1. The Bertz CT molecular complexity index is 1540. The number of carbonyl (C=O) groups excluding carboxylic acids is 10. The molecule has 0 bridgehead atoms. The van der Waals surface area contributed by atoms with Crippen molar-refractivity contribution in [3.05, 3.63) is 54.1 Å². The van der Waals surface area contributed by atoms with E-state index in [0.29, 0.717) is 25.1 Å². The molecular weight excluding hydrogens is 656 g/mol. The van der Waals surface area contributed by atoms with Crippen molar-refractivity contribution >= 4 is 64.6 Å². The van der Waals surface area contributed by atoms with E-state index >= 15 is 0 Å². The van der Waals surface area contributed by atoms with E-state index in [1.165, 1.54) is 4.90 Å². The van der Waals surface area contributed by atoms with Gasteiger partial charge in [0, 0.05) is 75.4 Å². The standard InChI is InChI=1S/C33H36N6O11/c40-24(2-1-15-37-28(44)9-10-29(37)45)18-36(19-25(41)34-14-17-39-30(46)11-12-31(39)47)33(49)21-50-20-26(42)35-23-6-3-22(4-7-23)5-8-27(43)38-16-13-32(38)48/h3-4,6-7,9-12H,1-2,5,8,13-21H2,(H,34,41)(H,35,42). The van der Waals surface area contributed by atoms with Crippen LogP contribution >= 0.6 is 0 Å². The van der Waals surface area contributed by atoms with Gasteiger partial charge in [0.25, 0.3) is 23.6 Å². The molecule has 3 heterocycles. The number of benzene rings is 1. The zero-order valence-electron chi connectivity index (χ0n) is 27.1. The quantitative estimate of drug-likeness (QED) is 0.125. The highest BCUT2D eigenvalue weighted by Crippen LogP contribution is 2.15. The number of rotatable bonds is 19. The molecule has 0 spiro atoms. The van der Waals surface area contributed by atoms with E-state index in [1.807, 2.05) is 0 Å². The highest BCUT2D eigenvalue weighted by Gasteiger charge is 2.29. The molecule has 0 aliphatic carbocycles. The van der Waals surface area contributed by atoms with Crippen LogP contribution in [0.5, 0.6) is 0 Å². The maximum Gasteiger partial charge on any atom is 0.253 e. The summed E-state index contributed by atoms with van der Waals surface area (Å²) in [5.74, 6) is -4.95. The lowest BCUT2D eigenvalue weighted by Gasteiger charge is -2.28. The van der Waals surface area contributed by atoms with Gasteiger partial charge in [-0.2, -0.15) is 0 Å². The third kappa shape index (κ3) is 10.6. The summed E-state index contributed by atoms with van der Waals surface area (Å²) in [6.45, 7) is -2.01. The SMILES string of the molecule is O=C(CCCN1C(=O)C=CC1=O)CN(CC(=O)NCCN1C(=O)C=CC1=O)C(=O)COCC(=O)Nc1ccc(CCC(=O)N2CCC2=O)cc1. The number of carbonyl (C=O) groups is 10. The van der Waals surface area contributed by atoms with Crippen molar-refractivity contribution in [2.75, 3.05) is 57.8 Å². The number of imide groups is 3. The van der Waals surface area contributed by atoms with Gasteiger partial charge in [-0.1, -0.05) is 12.1 Å². The smallest absolute Gasteiger partial charge is 0.253 e. The van der Waals surface area contributed by atoms with E-state index in [9.17, 15) is 47.9 Å². The van der Waals surface area contributed by atoms with Gasteiger partial charge in [-0.15, -0.1) is 0 Å². The lowest BCUT2D eigenvalue weighted by atomic mass is 10.1. The molecule has 1 aromatic carbocycles. The molecule has 0 saturated carbocycles. The minimum Gasteiger partial charge on any atom is -0.362 e. The van der Waals surface area contributed by atoms with Crippen molar-refractivity contribution < 1.29 is 52.7 Å². The summed E-state index contributed by atoms with van der Waals surface area (Å²) in [6, 6.07) is 6.70. The van der Waals surface area contributed by atoms with Gasteiger partial charge in [0.1, 0.15) is 19.8 Å². The van der Waals surface area contributed by atoms with E-state index in [1.54, 1.807) is 24.3 Å². The highest BCUT2D eigenvalue weighted by molar-refractivity contribution is 6.13. The summed E-state index contributed by atoms with van der Waals surface area (Å²) in [5.41, 5.74) is 1.26. The second-order valence-corrected chi connectivity index (χ2v) is 11.5. The first-order chi connectivity index (χ1) is 23.9. The van der Waals surface area contributed by atoms with Crippen LogP contribution in [0.15, 0.2) is 48.6 Å². The predicted molar refractivity (Wildman–Crippen MR) is 171 cm³/mol. The van der Waals surface area contributed by atoms with E-state index in [0.717, 1.165) is 44.6 Å². The Labute approximate surface area is 286 Å². The molecule has 0 atom stereocenters. The van der Waals surface area contributed by atoms with Gasteiger partial charge in [0.15, 0.2) is 5.78 Å². The fourth-order valence-electron chi connectivity index (χ4n) is 5.04. The molecule has 1 fully saturated rings. The Balaban J connectivity index is 1.22. The summed E-state index contributed by atoms with van der Waals surface area (Å²) < 4.78 is 5.26. The maximum absolute atomic E-state index is 13.0. The molecule has 0 radical (unpaired) electrons. The number of nitrogens with zero attached hydrogens (tertiary/aromatic N) is 4. The monoisotopic (exact) mass is 692 g/mol. The summed E-state index contributed by atoms with van der Waals surface area (Å²) >= 11 is 0. The number of Topliss-reactive ketones (excluding diaryl/α,β-unsaturated/α-hetero) is 1. The van der Waals surface area contributed by atoms with Crippen molar-refractivity contribution in [2.24, 2.45) is 0 Å². The Morgan fingerprint density at radius 1 is 0.740 bits per heavy atom. The maximum atomic E-state index is 13.0. The summed E-state index contributed by atoms with van der Waals surface area (Å²) in [6.07, 6.45) is 5.46. The van der Waals surface area contributed by atoms with Crippen LogP contribution in [0.4, 0.5) is 5.69 Å². The summed E-state index contributed by atoms with van der Waals surface area (Å²) in [4.78, 5) is 125. The summed E-state index contributed by atoms with van der Waals surface area (Å²) in [5, 5.41) is 5.10. The van der Waals surface area contributed by atoms with Gasteiger partial charge < -0.3 is 20.3 Å². The fraction of sp³-hybridized carbons (Fsp3) is 0.394. The largest absolute Gasteiger partial charge is 0.362 e. The van der Waals surface area contributed by atoms with Gasteiger partial charge in [-0.3, -0.25) is 62.6 Å². The molecule has 264 valence electrons. The number of anilines is 1. The molecule has 1 aromatic rings. The minimum atomic E-state index is -0.775. The van der Waals surface area contributed by atoms with Crippen LogP contribution in [-0.2, 0) is 59.1 Å². The molecular formula is C33H36N6O11. The number of nitrogens with one attached hydrogen (secondary N) is 2. The molecule has 0 unspecified atom stereocenters. The van der Waals surface area contributed by atoms with Crippen LogP contribution in [0.3, 0.4) is 0 Å². The van der Waals surface area contributed by atoms with Crippen LogP contribution in [0, 0.1) is 0 Å². The van der Waals surface area contributed by atoms with Crippen molar-refractivity contribution in [1.29, 1.82) is 0 Å². The third-order valence-corrected chi connectivity index (χ3v) is 7.83. The first-order valence-electron chi connectivity index (χ1n) is 15.8. The van der Waals surface area contributed by atoms with Gasteiger partial charge in [-0.05, 0) is 30.5 Å². The Morgan fingerprint density at radius 2 is 1.36 bits per heavy atom. The van der Waals surface area contributed by atoms with E-state index in [2.05, 4.69) is 10.6 Å². The molecule has 50 heavy (non-hydrogen) atoms. The van der Waals surface area contributed by atoms with Gasteiger partial charge in [-0.25, -0.2) is 0 Å². The van der Waals surface area contributed by atoms with E-state index < -0.39 is 73.4 Å². The average Bonchev–Trinajstić information content (AvgIpc) is 3.57. The zero-order chi connectivity index (χ0) is 36.2. The van der Waals surface area contributed by atoms with E-state index in [-0.39, 0.29) is 50.7 Å². The lowest BCUT2D eigenvalue weighted by molar-refractivity contribution is -0.152. The molecule has 17 nitrogen and oxygen atoms in total. The van der Waals surface area contributed by atoms with Gasteiger partial charge >= 0.3 is 0 Å².